The van der Waals surface area contributed by atoms with E-state index in [0.717, 1.165) is 16.0 Å². The molecule has 3 rings (SSSR count). The number of imide groups is 1. The maximum Gasteiger partial charge on any atom is 0.417 e. The Labute approximate surface area is 171 Å². The maximum atomic E-state index is 12.9. The standard InChI is InChI=1S/C22H29NO6/c1-6-28-18(24)12-22(10-16(11-22)27-5)15-8-7-14-13-23(19(25)17(14)9-15)20(26)29-21(2,3)4/h7-9,16H,6,10-13H2,1-5H3. The van der Waals surface area contributed by atoms with E-state index in [1.165, 1.54) is 0 Å². The number of amides is 2. The fourth-order valence-corrected chi connectivity index (χ4v) is 4.04. The minimum atomic E-state index is -0.678. The predicted molar refractivity (Wildman–Crippen MR) is 106 cm³/mol. The normalized spacial score (nSPS) is 23.4. The lowest BCUT2D eigenvalue weighted by Gasteiger charge is -2.47. The van der Waals surface area contributed by atoms with E-state index in [-0.39, 0.29) is 30.9 Å². The molecule has 1 saturated carbocycles. The number of fused-ring (bicyclic) bond motifs is 1. The topological polar surface area (TPSA) is 82.1 Å². The van der Waals surface area contributed by atoms with Crippen LogP contribution in [0.4, 0.5) is 4.79 Å². The highest BCUT2D eigenvalue weighted by Gasteiger charge is 2.48. The molecule has 29 heavy (non-hydrogen) atoms. The number of hydrogen-bond donors (Lipinski definition) is 0. The van der Waals surface area contributed by atoms with Crippen molar-refractivity contribution in [3.63, 3.8) is 0 Å². The molecule has 2 aliphatic rings. The molecule has 7 heteroatoms. The van der Waals surface area contributed by atoms with Crippen LogP contribution in [0.2, 0.25) is 0 Å². The minimum Gasteiger partial charge on any atom is -0.466 e. The Hall–Kier alpha value is -2.41. The summed E-state index contributed by atoms with van der Waals surface area (Å²) in [6.07, 6.45) is 1.04. The highest BCUT2D eigenvalue weighted by molar-refractivity contribution is 6.06. The van der Waals surface area contributed by atoms with Crippen LogP contribution in [-0.2, 0) is 31.0 Å². The van der Waals surface area contributed by atoms with Gasteiger partial charge in [0.05, 0.1) is 25.7 Å². The molecule has 1 heterocycles. The smallest absolute Gasteiger partial charge is 0.417 e. The summed E-state index contributed by atoms with van der Waals surface area (Å²) in [6, 6.07) is 5.61. The molecule has 158 valence electrons. The first-order chi connectivity index (χ1) is 13.6. The monoisotopic (exact) mass is 403 g/mol. The van der Waals surface area contributed by atoms with Crippen molar-refractivity contribution < 1.29 is 28.6 Å². The van der Waals surface area contributed by atoms with Crippen LogP contribution in [0.5, 0.6) is 0 Å². The molecular formula is C22H29NO6. The van der Waals surface area contributed by atoms with Gasteiger partial charge in [-0.05, 0) is 57.7 Å². The van der Waals surface area contributed by atoms with Crippen molar-refractivity contribution >= 4 is 18.0 Å². The van der Waals surface area contributed by atoms with Gasteiger partial charge < -0.3 is 14.2 Å². The van der Waals surface area contributed by atoms with Gasteiger partial charge in [-0.1, -0.05) is 12.1 Å². The van der Waals surface area contributed by atoms with E-state index in [9.17, 15) is 14.4 Å². The van der Waals surface area contributed by atoms with Crippen LogP contribution < -0.4 is 0 Å². The first-order valence-corrected chi connectivity index (χ1v) is 9.95. The molecule has 0 unspecified atom stereocenters. The Morgan fingerprint density at radius 3 is 2.52 bits per heavy atom. The first-order valence-electron chi connectivity index (χ1n) is 9.95. The SMILES string of the molecule is CCOC(=O)CC1(c2ccc3c(c2)C(=O)N(C(=O)OC(C)(C)C)C3)CC(OC)C1. The van der Waals surface area contributed by atoms with E-state index in [0.29, 0.717) is 25.0 Å². The van der Waals surface area contributed by atoms with Crippen molar-refractivity contribution in [2.45, 2.75) is 70.6 Å². The number of carbonyl (C=O) groups excluding carboxylic acids is 3. The van der Waals surface area contributed by atoms with Gasteiger partial charge in [0.25, 0.3) is 5.91 Å². The summed E-state index contributed by atoms with van der Waals surface area (Å²) in [5, 5.41) is 0. The second-order valence-corrected chi connectivity index (χ2v) is 8.77. The number of methoxy groups -OCH3 is 1. The van der Waals surface area contributed by atoms with Crippen LogP contribution >= 0.6 is 0 Å². The Morgan fingerprint density at radius 1 is 1.24 bits per heavy atom. The van der Waals surface area contributed by atoms with Gasteiger partial charge in [-0.3, -0.25) is 9.59 Å². The lowest BCUT2D eigenvalue weighted by Crippen LogP contribution is -2.47. The summed E-state index contributed by atoms with van der Waals surface area (Å²) < 4.78 is 15.9. The lowest BCUT2D eigenvalue weighted by molar-refractivity contribution is -0.147. The molecule has 0 aromatic heterocycles. The fraction of sp³-hybridized carbons (Fsp3) is 0.591. The Morgan fingerprint density at radius 2 is 1.93 bits per heavy atom. The molecule has 0 radical (unpaired) electrons. The summed E-state index contributed by atoms with van der Waals surface area (Å²) in [6.45, 7) is 7.59. The molecule has 0 spiro atoms. The third kappa shape index (κ3) is 4.29. The molecule has 0 N–H and O–H groups in total. The lowest BCUT2D eigenvalue weighted by atomic mass is 9.60. The summed E-state index contributed by atoms with van der Waals surface area (Å²) in [5.41, 5.74) is 1.07. The van der Waals surface area contributed by atoms with Crippen molar-refractivity contribution in [1.29, 1.82) is 0 Å². The van der Waals surface area contributed by atoms with Crippen LogP contribution in [0.15, 0.2) is 18.2 Å². The summed E-state index contributed by atoms with van der Waals surface area (Å²) in [4.78, 5) is 38.6. The fourth-order valence-electron chi connectivity index (χ4n) is 4.04. The van der Waals surface area contributed by atoms with Crippen LogP contribution in [0.3, 0.4) is 0 Å². The molecule has 7 nitrogen and oxygen atoms in total. The number of esters is 1. The van der Waals surface area contributed by atoms with E-state index in [1.54, 1.807) is 34.8 Å². The highest BCUT2D eigenvalue weighted by atomic mass is 16.6. The van der Waals surface area contributed by atoms with E-state index in [4.69, 9.17) is 14.2 Å². The molecule has 1 aliphatic carbocycles. The second kappa shape index (κ2) is 7.78. The zero-order valence-electron chi connectivity index (χ0n) is 17.7. The van der Waals surface area contributed by atoms with Gasteiger partial charge in [-0.25, -0.2) is 9.69 Å². The third-order valence-electron chi connectivity index (χ3n) is 5.50. The third-order valence-corrected chi connectivity index (χ3v) is 5.50. The molecule has 0 bridgehead atoms. The molecule has 1 fully saturated rings. The number of hydrogen-bond acceptors (Lipinski definition) is 6. The Bertz CT molecular complexity index is 819. The number of carbonyl (C=O) groups is 3. The highest BCUT2D eigenvalue weighted by Crippen LogP contribution is 2.48. The van der Waals surface area contributed by atoms with E-state index in [1.807, 2.05) is 18.2 Å². The Kier molecular flexibility index (Phi) is 5.72. The number of nitrogens with zero attached hydrogens (tertiary/aromatic N) is 1. The summed E-state index contributed by atoms with van der Waals surface area (Å²) in [5.74, 6) is -0.630. The van der Waals surface area contributed by atoms with Crippen molar-refractivity contribution in [3.05, 3.63) is 34.9 Å². The largest absolute Gasteiger partial charge is 0.466 e. The summed E-state index contributed by atoms with van der Waals surface area (Å²) >= 11 is 0. The van der Waals surface area contributed by atoms with Crippen molar-refractivity contribution in [1.82, 2.24) is 4.90 Å². The average Bonchev–Trinajstić information content (AvgIpc) is 2.93. The second-order valence-electron chi connectivity index (χ2n) is 8.77. The number of rotatable bonds is 5. The van der Waals surface area contributed by atoms with Gasteiger partial charge >= 0.3 is 12.1 Å². The Balaban J connectivity index is 1.84. The van der Waals surface area contributed by atoms with Crippen LogP contribution in [0, 0.1) is 0 Å². The van der Waals surface area contributed by atoms with Crippen LogP contribution in [0.25, 0.3) is 0 Å². The number of benzene rings is 1. The molecule has 2 amide bonds. The predicted octanol–water partition coefficient (Wildman–Crippen LogP) is 3.58. The zero-order valence-corrected chi connectivity index (χ0v) is 17.7. The summed E-state index contributed by atoms with van der Waals surface area (Å²) in [7, 11) is 1.66. The van der Waals surface area contributed by atoms with Crippen LogP contribution in [0.1, 0.15) is 68.4 Å². The molecule has 0 saturated heterocycles. The molecular weight excluding hydrogens is 374 g/mol. The van der Waals surface area contributed by atoms with Gasteiger partial charge in [0.2, 0.25) is 0 Å². The minimum absolute atomic E-state index is 0.0756. The van der Waals surface area contributed by atoms with E-state index < -0.39 is 17.1 Å². The van der Waals surface area contributed by atoms with Crippen molar-refractivity contribution in [3.8, 4) is 0 Å². The average molecular weight is 403 g/mol. The maximum absolute atomic E-state index is 12.9. The molecule has 1 aliphatic heterocycles. The molecule has 1 aromatic carbocycles. The van der Waals surface area contributed by atoms with E-state index in [2.05, 4.69) is 0 Å². The van der Waals surface area contributed by atoms with Gasteiger partial charge in [-0.15, -0.1) is 0 Å². The van der Waals surface area contributed by atoms with Gasteiger partial charge in [-0.2, -0.15) is 0 Å². The van der Waals surface area contributed by atoms with Crippen molar-refractivity contribution in [2.24, 2.45) is 0 Å². The van der Waals surface area contributed by atoms with Crippen molar-refractivity contribution in [2.75, 3.05) is 13.7 Å². The van der Waals surface area contributed by atoms with Crippen LogP contribution in [-0.4, -0.2) is 48.3 Å². The van der Waals surface area contributed by atoms with Gasteiger partial charge in [0.1, 0.15) is 5.60 Å². The van der Waals surface area contributed by atoms with Gasteiger partial charge in [0, 0.05) is 18.1 Å². The zero-order chi connectivity index (χ0) is 21.4. The molecule has 0 atom stereocenters. The van der Waals surface area contributed by atoms with Gasteiger partial charge in [0.15, 0.2) is 0 Å². The molecule has 1 aromatic rings. The first kappa shape index (κ1) is 21.3. The number of ether oxygens (including phenoxy) is 3. The van der Waals surface area contributed by atoms with E-state index >= 15 is 0 Å². The quantitative estimate of drug-likeness (QED) is 0.699.